The van der Waals surface area contributed by atoms with Gasteiger partial charge in [-0.1, -0.05) is 12.8 Å². The van der Waals surface area contributed by atoms with Crippen LogP contribution in [0.2, 0.25) is 0 Å². The Morgan fingerprint density at radius 2 is 2.38 bits per heavy atom. The van der Waals surface area contributed by atoms with Gasteiger partial charge in [-0.3, -0.25) is 0 Å². The molecule has 0 unspecified atom stereocenters. The van der Waals surface area contributed by atoms with Crippen LogP contribution in [0.3, 0.4) is 0 Å². The van der Waals surface area contributed by atoms with Gasteiger partial charge in [-0.15, -0.1) is 0 Å². The molecule has 0 amide bonds. The Balaban J connectivity index is 1.79. The molecular weight excluding hydrogens is 166 g/mol. The normalized spacial score (nSPS) is 15.7. The maximum Gasteiger partial charge on any atom is 0.223 e. The second-order valence-corrected chi connectivity index (χ2v) is 3.33. The average molecular weight is 179 g/mol. The van der Waals surface area contributed by atoms with Crippen molar-refractivity contribution in [2.75, 3.05) is 12.3 Å². The molecule has 1 saturated carbocycles. The smallest absolute Gasteiger partial charge is 0.223 e. The van der Waals surface area contributed by atoms with E-state index in [1.807, 2.05) is 0 Å². The SMILES string of the molecule is Nc1nccc(OCCC2CC2)n1. The largest absolute Gasteiger partial charge is 0.478 e. The quantitative estimate of drug-likeness (QED) is 0.755. The van der Waals surface area contributed by atoms with Gasteiger partial charge in [0.25, 0.3) is 0 Å². The molecule has 0 saturated heterocycles. The van der Waals surface area contributed by atoms with E-state index in [9.17, 15) is 0 Å². The van der Waals surface area contributed by atoms with Gasteiger partial charge in [0.05, 0.1) is 6.61 Å². The summed E-state index contributed by atoms with van der Waals surface area (Å²) in [5.74, 6) is 1.73. The highest BCUT2D eigenvalue weighted by Crippen LogP contribution is 2.32. The van der Waals surface area contributed by atoms with Crippen molar-refractivity contribution in [2.24, 2.45) is 5.92 Å². The molecule has 4 nitrogen and oxygen atoms in total. The molecule has 0 atom stereocenters. The molecule has 2 N–H and O–H groups in total. The zero-order valence-corrected chi connectivity index (χ0v) is 7.44. The van der Waals surface area contributed by atoms with E-state index in [1.165, 1.54) is 12.8 Å². The van der Waals surface area contributed by atoms with Gasteiger partial charge in [-0.25, -0.2) is 4.98 Å². The average Bonchev–Trinajstić information content (AvgIpc) is 2.88. The number of anilines is 1. The standard InChI is InChI=1S/C9H13N3O/c10-9-11-5-3-8(12-9)13-6-4-7-1-2-7/h3,5,7H,1-2,4,6H2,(H2,10,11,12). The molecule has 0 spiro atoms. The number of aromatic nitrogens is 2. The van der Waals surface area contributed by atoms with Gasteiger partial charge in [0.2, 0.25) is 11.8 Å². The van der Waals surface area contributed by atoms with Crippen LogP contribution in [-0.2, 0) is 0 Å². The van der Waals surface area contributed by atoms with Crippen molar-refractivity contribution in [1.29, 1.82) is 0 Å². The molecule has 1 fully saturated rings. The molecule has 1 aromatic rings. The summed E-state index contributed by atoms with van der Waals surface area (Å²) in [5.41, 5.74) is 5.40. The number of ether oxygens (including phenoxy) is 1. The van der Waals surface area contributed by atoms with Crippen LogP contribution >= 0.6 is 0 Å². The van der Waals surface area contributed by atoms with E-state index in [1.54, 1.807) is 12.3 Å². The lowest BCUT2D eigenvalue weighted by molar-refractivity contribution is 0.291. The molecule has 70 valence electrons. The first-order valence-corrected chi connectivity index (χ1v) is 4.56. The molecule has 1 heterocycles. The maximum absolute atomic E-state index is 5.41. The van der Waals surface area contributed by atoms with Gasteiger partial charge in [0.15, 0.2) is 0 Å². The van der Waals surface area contributed by atoms with Crippen LogP contribution in [0.25, 0.3) is 0 Å². The van der Waals surface area contributed by atoms with Crippen LogP contribution < -0.4 is 10.5 Å². The Morgan fingerprint density at radius 3 is 3.08 bits per heavy atom. The summed E-state index contributed by atoms with van der Waals surface area (Å²) in [6.07, 6.45) is 5.45. The number of hydrogen-bond donors (Lipinski definition) is 1. The highest BCUT2D eigenvalue weighted by molar-refractivity contribution is 5.20. The van der Waals surface area contributed by atoms with Crippen LogP contribution in [0.15, 0.2) is 12.3 Å². The lowest BCUT2D eigenvalue weighted by Crippen LogP contribution is -2.02. The van der Waals surface area contributed by atoms with E-state index in [-0.39, 0.29) is 5.95 Å². The molecule has 1 aliphatic carbocycles. The Morgan fingerprint density at radius 1 is 1.54 bits per heavy atom. The third-order valence-electron chi connectivity index (χ3n) is 2.12. The monoisotopic (exact) mass is 179 g/mol. The minimum atomic E-state index is 0.268. The number of nitrogen functional groups attached to an aromatic ring is 1. The van der Waals surface area contributed by atoms with Crippen molar-refractivity contribution in [2.45, 2.75) is 19.3 Å². The predicted octanol–water partition coefficient (Wildman–Crippen LogP) is 1.24. The van der Waals surface area contributed by atoms with E-state index in [0.717, 1.165) is 18.9 Å². The molecule has 0 aliphatic heterocycles. The zero-order chi connectivity index (χ0) is 9.10. The van der Waals surface area contributed by atoms with Crippen molar-refractivity contribution < 1.29 is 4.74 Å². The highest BCUT2D eigenvalue weighted by atomic mass is 16.5. The first-order chi connectivity index (χ1) is 6.34. The first-order valence-electron chi connectivity index (χ1n) is 4.56. The molecule has 13 heavy (non-hydrogen) atoms. The number of nitrogens with two attached hydrogens (primary N) is 1. The third kappa shape index (κ3) is 2.57. The molecular formula is C9H13N3O. The first kappa shape index (κ1) is 8.29. The van der Waals surface area contributed by atoms with Crippen LogP contribution in [0, 0.1) is 5.92 Å². The van der Waals surface area contributed by atoms with E-state index in [0.29, 0.717) is 5.88 Å². The number of nitrogens with zero attached hydrogens (tertiary/aromatic N) is 2. The fourth-order valence-corrected chi connectivity index (χ4v) is 1.17. The predicted molar refractivity (Wildman–Crippen MR) is 49.3 cm³/mol. The number of hydrogen-bond acceptors (Lipinski definition) is 4. The Kier molecular flexibility index (Phi) is 2.29. The number of rotatable bonds is 4. The van der Waals surface area contributed by atoms with E-state index in [2.05, 4.69) is 9.97 Å². The lowest BCUT2D eigenvalue weighted by atomic mass is 10.3. The van der Waals surface area contributed by atoms with Crippen molar-refractivity contribution in [3.05, 3.63) is 12.3 Å². The van der Waals surface area contributed by atoms with Crippen molar-refractivity contribution >= 4 is 5.95 Å². The Bertz CT molecular complexity index is 286. The summed E-state index contributed by atoms with van der Waals surface area (Å²) >= 11 is 0. The van der Waals surface area contributed by atoms with Gasteiger partial charge in [0.1, 0.15) is 0 Å². The Labute approximate surface area is 77.1 Å². The summed E-state index contributed by atoms with van der Waals surface area (Å²) in [6.45, 7) is 0.737. The van der Waals surface area contributed by atoms with Gasteiger partial charge in [-0.05, 0) is 12.3 Å². The summed E-state index contributed by atoms with van der Waals surface area (Å²) < 4.78 is 5.41. The van der Waals surface area contributed by atoms with Crippen molar-refractivity contribution in [3.63, 3.8) is 0 Å². The van der Waals surface area contributed by atoms with Crippen LogP contribution in [0.5, 0.6) is 5.88 Å². The molecule has 4 heteroatoms. The van der Waals surface area contributed by atoms with Gasteiger partial charge < -0.3 is 10.5 Å². The second kappa shape index (κ2) is 3.60. The molecule has 0 bridgehead atoms. The van der Waals surface area contributed by atoms with E-state index in [4.69, 9.17) is 10.5 Å². The van der Waals surface area contributed by atoms with Crippen LogP contribution in [0.1, 0.15) is 19.3 Å². The maximum atomic E-state index is 5.41. The van der Waals surface area contributed by atoms with Gasteiger partial charge in [-0.2, -0.15) is 4.98 Å². The third-order valence-corrected chi connectivity index (χ3v) is 2.12. The minimum absolute atomic E-state index is 0.268. The molecule has 2 rings (SSSR count). The minimum Gasteiger partial charge on any atom is -0.478 e. The molecule has 1 aromatic heterocycles. The lowest BCUT2D eigenvalue weighted by Gasteiger charge is -2.03. The fraction of sp³-hybridized carbons (Fsp3) is 0.556. The van der Waals surface area contributed by atoms with E-state index < -0.39 is 0 Å². The summed E-state index contributed by atoms with van der Waals surface area (Å²) in [7, 11) is 0. The van der Waals surface area contributed by atoms with Crippen molar-refractivity contribution in [3.8, 4) is 5.88 Å². The van der Waals surface area contributed by atoms with Crippen LogP contribution in [-0.4, -0.2) is 16.6 Å². The van der Waals surface area contributed by atoms with E-state index >= 15 is 0 Å². The molecule has 0 aromatic carbocycles. The highest BCUT2D eigenvalue weighted by Gasteiger charge is 2.20. The zero-order valence-electron chi connectivity index (χ0n) is 7.44. The molecule has 1 aliphatic rings. The van der Waals surface area contributed by atoms with Crippen molar-refractivity contribution in [1.82, 2.24) is 9.97 Å². The fourth-order valence-electron chi connectivity index (χ4n) is 1.17. The second-order valence-electron chi connectivity index (χ2n) is 3.33. The van der Waals surface area contributed by atoms with Gasteiger partial charge in [0, 0.05) is 12.3 Å². The Hall–Kier alpha value is -1.32. The summed E-state index contributed by atoms with van der Waals surface area (Å²) in [4.78, 5) is 7.72. The topological polar surface area (TPSA) is 61.0 Å². The van der Waals surface area contributed by atoms with Crippen LogP contribution in [0.4, 0.5) is 5.95 Å². The summed E-state index contributed by atoms with van der Waals surface area (Å²) in [5, 5.41) is 0. The summed E-state index contributed by atoms with van der Waals surface area (Å²) in [6, 6.07) is 1.73. The molecule has 0 radical (unpaired) electrons. The van der Waals surface area contributed by atoms with Gasteiger partial charge >= 0.3 is 0 Å².